The van der Waals surface area contributed by atoms with E-state index in [1.54, 1.807) is 0 Å². The Morgan fingerprint density at radius 2 is 1.58 bits per heavy atom. The molecule has 1 aromatic rings. The van der Waals surface area contributed by atoms with Gasteiger partial charge in [-0.05, 0) is 53.4 Å². The zero-order valence-corrected chi connectivity index (χ0v) is 14.3. The smallest absolute Gasteiger partial charge is 0.0514 e. The number of unbranched alkanes of at least 4 members (excludes halogenated alkanes) is 6. The first-order valence-corrected chi connectivity index (χ1v) is 8.45. The normalized spacial score (nSPS) is 10.7. The first-order chi connectivity index (χ1) is 9.15. The highest BCUT2D eigenvalue weighted by atomic mass is 79.9. The Hall–Kier alpha value is -0.500. The van der Waals surface area contributed by atoms with Gasteiger partial charge in [-0.25, -0.2) is 0 Å². The highest BCUT2D eigenvalue weighted by Crippen LogP contribution is 2.27. The Morgan fingerprint density at radius 1 is 0.947 bits per heavy atom. The van der Waals surface area contributed by atoms with E-state index in [0.29, 0.717) is 0 Å². The molecule has 19 heavy (non-hydrogen) atoms. The van der Waals surface area contributed by atoms with Gasteiger partial charge in [0, 0.05) is 11.0 Å². The Labute approximate surface area is 127 Å². The summed E-state index contributed by atoms with van der Waals surface area (Å²) < 4.78 is 1.19. The molecular formula is C17H28BrN. The Balaban J connectivity index is 2.19. The van der Waals surface area contributed by atoms with Crippen LogP contribution >= 0.6 is 15.9 Å². The van der Waals surface area contributed by atoms with Gasteiger partial charge < -0.3 is 5.32 Å². The van der Waals surface area contributed by atoms with Crippen LogP contribution in [0.25, 0.3) is 0 Å². The van der Waals surface area contributed by atoms with E-state index in [2.05, 4.69) is 54.2 Å². The van der Waals surface area contributed by atoms with Crippen molar-refractivity contribution < 1.29 is 0 Å². The van der Waals surface area contributed by atoms with Crippen LogP contribution in [0, 0.1) is 13.8 Å². The number of anilines is 1. The molecule has 0 aliphatic carbocycles. The standard InChI is InChI=1S/C17H28BrN/c1-4-5-6-7-8-9-10-11-19-17-15(3)12-14(2)13-16(17)18/h12-13,19H,4-11H2,1-3H3. The molecule has 0 fully saturated rings. The fourth-order valence-corrected chi connectivity index (χ4v) is 3.25. The lowest BCUT2D eigenvalue weighted by molar-refractivity contribution is 0.596. The van der Waals surface area contributed by atoms with E-state index in [1.807, 2.05) is 0 Å². The maximum atomic E-state index is 3.65. The van der Waals surface area contributed by atoms with Crippen molar-refractivity contribution in [3.63, 3.8) is 0 Å². The lowest BCUT2D eigenvalue weighted by Gasteiger charge is -2.12. The lowest BCUT2D eigenvalue weighted by atomic mass is 10.1. The molecule has 0 amide bonds. The van der Waals surface area contributed by atoms with Crippen LogP contribution in [0.3, 0.4) is 0 Å². The third-order valence-electron chi connectivity index (χ3n) is 3.51. The van der Waals surface area contributed by atoms with Crippen LogP contribution in [-0.2, 0) is 0 Å². The largest absolute Gasteiger partial charge is 0.384 e. The molecule has 2 heteroatoms. The third kappa shape index (κ3) is 6.47. The summed E-state index contributed by atoms with van der Waals surface area (Å²) in [5.74, 6) is 0. The number of rotatable bonds is 9. The molecule has 0 aromatic heterocycles. The van der Waals surface area contributed by atoms with Crippen molar-refractivity contribution in [1.29, 1.82) is 0 Å². The summed E-state index contributed by atoms with van der Waals surface area (Å²) in [6.45, 7) is 7.66. The average Bonchev–Trinajstić information content (AvgIpc) is 2.35. The van der Waals surface area contributed by atoms with Crippen molar-refractivity contribution in [2.75, 3.05) is 11.9 Å². The number of hydrogen-bond donors (Lipinski definition) is 1. The summed E-state index contributed by atoms with van der Waals surface area (Å²) in [6.07, 6.45) is 9.55. The molecular weight excluding hydrogens is 298 g/mol. The third-order valence-corrected chi connectivity index (χ3v) is 4.14. The molecule has 0 saturated heterocycles. The maximum absolute atomic E-state index is 3.65. The Morgan fingerprint density at radius 3 is 2.21 bits per heavy atom. The second kappa shape index (κ2) is 9.41. The molecule has 1 N–H and O–H groups in total. The van der Waals surface area contributed by atoms with Gasteiger partial charge in [-0.15, -0.1) is 0 Å². The average molecular weight is 326 g/mol. The van der Waals surface area contributed by atoms with E-state index in [4.69, 9.17) is 0 Å². The van der Waals surface area contributed by atoms with Crippen LogP contribution in [0.4, 0.5) is 5.69 Å². The molecule has 0 unspecified atom stereocenters. The van der Waals surface area contributed by atoms with E-state index in [1.165, 1.54) is 66.2 Å². The molecule has 0 aliphatic rings. The summed E-state index contributed by atoms with van der Waals surface area (Å²) in [5, 5.41) is 3.56. The molecule has 108 valence electrons. The summed E-state index contributed by atoms with van der Waals surface area (Å²) in [4.78, 5) is 0. The van der Waals surface area contributed by atoms with Gasteiger partial charge >= 0.3 is 0 Å². The van der Waals surface area contributed by atoms with Crippen molar-refractivity contribution in [2.45, 2.75) is 65.7 Å². The van der Waals surface area contributed by atoms with Gasteiger partial charge in [0.15, 0.2) is 0 Å². The van der Waals surface area contributed by atoms with Crippen LogP contribution in [-0.4, -0.2) is 6.54 Å². The van der Waals surface area contributed by atoms with Crippen molar-refractivity contribution in [2.24, 2.45) is 0 Å². The monoisotopic (exact) mass is 325 g/mol. The molecule has 1 aromatic carbocycles. The van der Waals surface area contributed by atoms with Crippen molar-refractivity contribution in [3.8, 4) is 0 Å². The van der Waals surface area contributed by atoms with Gasteiger partial charge in [0.25, 0.3) is 0 Å². The summed E-state index contributed by atoms with van der Waals surface area (Å²) in [7, 11) is 0. The highest BCUT2D eigenvalue weighted by Gasteiger charge is 2.03. The van der Waals surface area contributed by atoms with Crippen molar-refractivity contribution >= 4 is 21.6 Å². The van der Waals surface area contributed by atoms with Gasteiger partial charge in [0.2, 0.25) is 0 Å². The van der Waals surface area contributed by atoms with Crippen LogP contribution < -0.4 is 5.32 Å². The molecule has 1 nitrogen and oxygen atoms in total. The molecule has 0 saturated carbocycles. The quantitative estimate of drug-likeness (QED) is 0.531. The minimum atomic E-state index is 1.08. The molecule has 0 heterocycles. The summed E-state index contributed by atoms with van der Waals surface area (Å²) in [6, 6.07) is 4.41. The van der Waals surface area contributed by atoms with E-state index in [0.717, 1.165) is 6.54 Å². The zero-order chi connectivity index (χ0) is 14.1. The van der Waals surface area contributed by atoms with Crippen LogP contribution in [0.1, 0.15) is 63.0 Å². The second-order valence-corrected chi connectivity index (χ2v) is 6.34. The molecule has 0 spiro atoms. The number of halogens is 1. The van der Waals surface area contributed by atoms with E-state index in [-0.39, 0.29) is 0 Å². The first kappa shape index (κ1) is 16.6. The number of aryl methyl sites for hydroxylation is 2. The van der Waals surface area contributed by atoms with Gasteiger partial charge in [0.05, 0.1) is 5.69 Å². The zero-order valence-electron chi connectivity index (χ0n) is 12.7. The van der Waals surface area contributed by atoms with Crippen molar-refractivity contribution in [1.82, 2.24) is 0 Å². The molecule has 0 bridgehead atoms. The highest BCUT2D eigenvalue weighted by molar-refractivity contribution is 9.10. The topological polar surface area (TPSA) is 12.0 Å². The number of hydrogen-bond acceptors (Lipinski definition) is 1. The van der Waals surface area contributed by atoms with Gasteiger partial charge in [-0.1, -0.05) is 51.5 Å². The lowest BCUT2D eigenvalue weighted by Crippen LogP contribution is -2.04. The van der Waals surface area contributed by atoms with Gasteiger partial charge in [0.1, 0.15) is 0 Å². The fourth-order valence-electron chi connectivity index (χ4n) is 2.44. The number of nitrogens with one attached hydrogen (secondary N) is 1. The molecule has 1 rings (SSSR count). The fraction of sp³-hybridized carbons (Fsp3) is 0.647. The Bertz CT molecular complexity index is 351. The van der Waals surface area contributed by atoms with E-state index < -0.39 is 0 Å². The summed E-state index contributed by atoms with van der Waals surface area (Å²) in [5.41, 5.74) is 3.90. The van der Waals surface area contributed by atoms with Crippen LogP contribution in [0.5, 0.6) is 0 Å². The minimum Gasteiger partial charge on any atom is -0.384 e. The van der Waals surface area contributed by atoms with E-state index >= 15 is 0 Å². The molecule has 0 aliphatic heterocycles. The second-order valence-electron chi connectivity index (χ2n) is 5.49. The van der Waals surface area contributed by atoms with Gasteiger partial charge in [-0.2, -0.15) is 0 Å². The predicted molar refractivity (Wildman–Crippen MR) is 90.1 cm³/mol. The molecule has 0 atom stereocenters. The SMILES string of the molecule is CCCCCCCCCNc1c(C)cc(C)cc1Br. The van der Waals surface area contributed by atoms with Crippen molar-refractivity contribution in [3.05, 3.63) is 27.7 Å². The molecule has 0 radical (unpaired) electrons. The minimum absolute atomic E-state index is 1.08. The summed E-state index contributed by atoms with van der Waals surface area (Å²) >= 11 is 3.65. The van der Waals surface area contributed by atoms with Crippen LogP contribution in [0.15, 0.2) is 16.6 Å². The van der Waals surface area contributed by atoms with Gasteiger partial charge in [-0.3, -0.25) is 0 Å². The first-order valence-electron chi connectivity index (χ1n) is 7.65. The maximum Gasteiger partial charge on any atom is 0.0514 e. The van der Waals surface area contributed by atoms with Crippen LogP contribution in [0.2, 0.25) is 0 Å². The number of benzene rings is 1. The van der Waals surface area contributed by atoms with E-state index in [9.17, 15) is 0 Å². The Kier molecular flexibility index (Phi) is 8.20. The predicted octanol–water partition coefficient (Wildman–Crippen LogP) is 6.23.